The van der Waals surface area contributed by atoms with Crippen LogP contribution in [0.2, 0.25) is 0 Å². The topological polar surface area (TPSA) is 63.1 Å². The molecule has 2 aromatic rings. The van der Waals surface area contributed by atoms with Crippen molar-refractivity contribution in [2.75, 3.05) is 0 Å². The average Bonchev–Trinajstić information content (AvgIpc) is 2.45. The van der Waals surface area contributed by atoms with Crippen LogP contribution in [0.5, 0.6) is 0 Å². The quantitative estimate of drug-likeness (QED) is 0.893. The van der Waals surface area contributed by atoms with Gasteiger partial charge in [0.25, 0.3) is 0 Å². The second kappa shape index (κ2) is 6.09. The maximum atomic E-state index is 10.6. The summed E-state index contributed by atoms with van der Waals surface area (Å²) >= 11 is 0. The normalized spacial score (nSPS) is 10.4. The van der Waals surface area contributed by atoms with E-state index in [4.69, 9.17) is 5.11 Å². The molecule has 19 heavy (non-hydrogen) atoms. The van der Waals surface area contributed by atoms with Gasteiger partial charge < -0.3 is 5.11 Å². The Bertz CT molecular complexity index is 565. The molecule has 0 radical (unpaired) electrons. The van der Waals surface area contributed by atoms with E-state index in [1.54, 1.807) is 12.3 Å². The Labute approximate surface area is 112 Å². The first-order valence-corrected chi connectivity index (χ1v) is 6.32. The van der Waals surface area contributed by atoms with E-state index in [1.165, 1.54) is 5.56 Å². The molecule has 1 heterocycles. The maximum Gasteiger partial charge on any atom is 0.303 e. The molecule has 0 aliphatic rings. The fourth-order valence-electron chi connectivity index (χ4n) is 1.80. The minimum atomic E-state index is -0.813. The molecule has 0 bridgehead atoms. The van der Waals surface area contributed by atoms with Crippen LogP contribution in [0.1, 0.15) is 24.6 Å². The molecule has 1 aromatic carbocycles. The lowest BCUT2D eigenvalue weighted by Gasteiger charge is -2.04. The van der Waals surface area contributed by atoms with E-state index >= 15 is 0 Å². The molecule has 4 heteroatoms. The summed E-state index contributed by atoms with van der Waals surface area (Å²) < 4.78 is 0. The summed E-state index contributed by atoms with van der Waals surface area (Å²) in [5.74, 6) is -0.169. The van der Waals surface area contributed by atoms with Crippen LogP contribution in [-0.2, 0) is 17.6 Å². The first kappa shape index (κ1) is 13.2. The monoisotopic (exact) mass is 256 g/mol. The van der Waals surface area contributed by atoms with E-state index in [0.29, 0.717) is 12.2 Å². The predicted molar refractivity (Wildman–Crippen MR) is 72.8 cm³/mol. The van der Waals surface area contributed by atoms with Crippen LogP contribution in [0.15, 0.2) is 36.5 Å². The molecule has 2 rings (SSSR count). The summed E-state index contributed by atoms with van der Waals surface area (Å²) in [6, 6.07) is 9.86. The molecule has 0 saturated heterocycles. The molecular formula is C15H16N2O2. The van der Waals surface area contributed by atoms with Crippen LogP contribution >= 0.6 is 0 Å². The number of hydrogen-bond donors (Lipinski definition) is 1. The standard InChI is InChI=1S/C15H16N2O2/c1-2-11-3-5-12(6-4-11)15-16-10-9-13(17-15)7-8-14(18)19/h3-6,9-10H,2,7-8H2,1H3,(H,18,19). The number of aromatic nitrogens is 2. The van der Waals surface area contributed by atoms with Gasteiger partial charge in [0.2, 0.25) is 0 Å². The number of aryl methyl sites for hydroxylation is 2. The molecule has 0 fully saturated rings. The van der Waals surface area contributed by atoms with Gasteiger partial charge in [-0.15, -0.1) is 0 Å². The SMILES string of the molecule is CCc1ccc(-c2nccc(CCC(=O)O)n2)cc1. The summed E-state index contributed by atoms with van der Waals surface area (Å²) in [4.78, 5) is 19.2. The highest BCUT2D eigenvalue weighted by atomic mass is 16.4. The molecule has 0 spiro atoms. The molecular weight excluding hydrogens is 240 g/mol. The van der Waals surface area contributed by atoms with Gasteiger partial charge in [-0.1, -0.05) is 31.2 Å². The third kappa shape index (κ3) is 3.61. The Balaban J connectivity index is 2.19. The molecule has 1 aromatic heterocycles. The zero-order valence-corrected chi connectivity index (χ0v) is 10.8. The number of carboxylic acids is 1. The number of carbonyl (C=O) groups is 1. The lowest BCUT2D eigenvalue weighted by Crippen LogP contribution is -2.00. The van der Waals surface area contributed by atoms with Crippen molar-refractivity contribution in [2.24, 2.45) is 0 Å². The first-order valence-electron chi connectivity index (χ1n) is 6.32. The average molecular weight is 256 g/mol. The van der Waals surface area contributed by atoms with Crippen LogP contribution in [0, 0.1) is 0 Å². The molecule has 0 aliphatic carbocycles. The van der Waals surface area contributed by atoms with Crippen LogP contribution in [0.4, 0.5) is 0 Å². The highest BCUT2D eigenvalue weighted by molar-refractivity contribution is 5.67. The first-order chi connectivity index (χ1) is 9.19. The molecule has 1 N–H and O–H groups in total. The summed E-state index contributed by atoms with van der Waals surface area (Å²) in [7, 11) is 0. The van der Waals surface area contributed by atoms with Crippen molar-refractivity contribution in [1.82, 2.24) is 9.97 Å². The number of nitrogens with zero attached hydrogens (tertiary/aromatic N) is 2. The van der Waals surface area contributed by atoms with Gasteiger partial charge in [-0.05, 0) is 18.1 Å². The fourth-order valence-corrected chi connectivity index (χ4v) is 1.80. The van der Waals surface area contributed by atoms with Crippen molar-refractivity contribution in [3.05, 3.63) is 47.8 Å². The van der Waals surface area contributed by atoms with Crippen molar-refractivity contribution >= 4 is 5.97 Å². The van der Waals surface area contributed by atoms with E-state index in [9.17, 15) is 4.79 Å². The molecule has 0 amide bonds. The van der Waals surface area contributed by atoms with Gasteiger partial charge in [-0.2, -0.15) is 0 Å². The van der Waals surface area contributed by atoms with Gasteiger partial charge in [0.1, 0.15) is 0 Å². The van der Waals surface area contributed by atoms with Crippen molar-refractivity contribution in [1.29, 1.82) is 0 Å². The van der Waals surface area contributed by atoms with E-state index in [1.807, 2.05) is 12.1 Å². The van der Waals surface area contributed by atoms with Crippen LogP contribution < -0.4 is 0 Å². The summed E-state index contributed by atoms with van der Waals surface area (Å²) in [6.45, 7) is 2.11. The van der Waals surface area contributed by atoms with Crippen LogP contribution in [0.25, 0.3) is 11.4 Å². The number of hydrogen-bond acceptors (Lipinski definition) is 3. The maximum absolute atomic E-state index is 10.6. The van der Waals surface area contributed by atoms with E-state index < -0.39 is 5.97 Å². The number of carboxylic acid groups (broad SMARTS) is 1. The second-order valence-corrected chi connectivity index (χ2v) is 4.32. The number of rotatable bonds is 5. The third-order valence-electron chi connectivity index (χ3n) is 2.93. The highest BCUT2D eigenvalue weighted by Crippen LogP contribution is 2.16. The zero-order chi connectivity index (χ0) is 13.7. The van der Waals surface area contributed by atoms with Gasteiger partial charge in [-0.3, -0.25) is 4.79 Å². The van der Waals surface area contributed by atoms with Gasteiger partial charge in [0, 0.05) is 23.9 Å². The van der Waals surface area contributed by atoms with Gasteiger partial charge >= 0.3 is 5.97 Å². The summed E-state index contributed by atoms with van der Waals surface area (Å²) in [5.41, 5.74) is 2.98. The molecule has 4 nitrogen and oxygen atoms in total. The van der Waals surface area contributed by atoms with Crippen LogP contribution in [-0.4, -0.2) is 21.0 Å². The largest absolute Gasteiger partial charge is 0.481 e. The fraction of sp³-hybridized carbons (Fsp3) is 0.267. The summed E-state index contributed by atoms with van der Waals surface area (Å²) in [5, 5.41) is 8.68. The molecule has 0 atom stereocenters. The van der Waals surface area contributed by atoms with Crippen molar-refractivity contribution in [3.63, 3.8) is 0 Å². The lowest BCUT2D eigenvalue weighted by atomic mass is 10.1. The number of benzene rings is 1. The molecule has 0 saturated carbocycles. The van der Waals surface area contributed by atoms with Crippen molar-refractivity contribution < 1.29 is 9.90 Å². The summed E-state index contributed by atoms with van der Waals surface area (Å²) in [6.07, 6.45) is 3.19. The van der Waals surface area contributed by atoms with Crippen molar-refractivity contribution in [2.45, 2.75) is 26.2 Å². The third-order valence-corrected chi connectivity index (χ3v) is 2.93. The predicted octanol–water partition coefficient (Wildman–Crippen LogP) is 2.72. The van der Waals surface area contributed by atoms with Gasteiger partial charge in [0.05, 0.1) is 6.42 Å². The Hall–Kier alpha value is -2.23. The Morgan fingerprint density at radius 1 is 1.21 bits per heavy atom. The van der Waals surface area contributed by atoms with E-state index in [-0.39, 0.29) is 6.42 Å². The second-order valence-electron chi connectivity index (χ2n) is 4.32. The van der Waals surface area contributed by atoms with E-state index in [0.717, 1.165) is 17.7 Å². The van der Waals surface area contributed by atoms with E-state index in [2.05, 4.69) is 29.0 Å². The van der Waals surface area contributed by atoms with Crippen molar-refractivity contribution in [3.8, 4) is 11.4 Å². The highest BCUT2D eigenvalue weighted by Gasteiger charge is 2.04. The smallest absolute Gasteiger partial charge is 0.303 e. The Morgan fingerprint density at radius 2 is 1.95 bits per heavy atom. The van der Waals surface area contributed by atoms with Gasteiger partial charge in [-0.25, -0.2) is 9.97 Å². The Kier molecular flexibility index (Phi) is 4.23. The van der Waals surface area contributed by atoms with Crippen LogP contribution in [0.3, 0.4) is 0 Å². The lowest BCUT2D eigenvalue weighted by molar-refractivity contribution is -0.136. The minimum absolute atomic E-state index is 0.0885. The zero-order valence-electron chi connectivity index (χ0n) is 10.8. The van der Waals surface area contributed by atoms with Gasteiger partial charge in [0.15, 0.2) is 5.82 Å². The molecule has 98 valence electrons. The number of aliphatic carboxylic acids is 1. The molecule has 0 unspecified atom stereocenters. The molecule has 0 aliphatic heterocycles. The Morgan fingerprint density at radius 3 is 2.58 bits per heavy atom. The minimum Gasteiger partial charge on any atom is -0.481 e.